The second-order valence-corrected chi connectivity index (χ2v) is 5.66. The highest BCUT2D eigenvalue weighted by atomic mass is 32.2. The van der Waals surface area contributed by atoms with Gasteiger partial charge in [0.25, 0.3) is 0 Å². The molecule has 0 aliphatic heterocycles. The van der Waals surface area contributed by atoms with Crippen molar-refractivity contribution >= 4 is 15.8 Å². The monoisotopic (exact) mass is 238 g/mol. The Balaban J connectivity index is 3.97. The summed E-state index contributed by atoms with van der Waals surface area (Å²) in [6.45, 7) is 3.73. The van der Waals surface area contributed by atoms with Crippen LogP contribution in [0.1, 0.15) is 20.3 Å². The molecule has 0 rings (SSSR count). The number of methoxy groups -OCH3 is 1. The maximum absolute atomic E-state index is 11.3. The zero-order valence-corrected chi connectivity index (χ0v) is 10.2. The molecule has 0 saturated carbocycles. The highest BCUT2D eigenvalue weighted by molar-refractivity contribution is 7.92. The highest BCUT2D eigenvalue weighted by Crippen LogP contribution is 1.98. The van der Waals surface area contributed by atoms with Gasteiger partial charge in [-0.1, -0.05) is 0 Å². The summed E-state index contributed by atoms with van der Waals surface area (Å²) in [4.78, 5) is 11.1. The lowest BCUT2D eigenvalue weighted by Gasteiger charge is -2.08. The number of hydrogen-bond acceptors (Lipinski definition) is 5. The lowest BCUT2D eigenvalue weighted by atomic mass is 10.5. The average molecular weight is 238 g/mol. The lowest BCUT2D eigenvalue weighted by Crippen LogP contribution is -2.23. The second kappa shape index (κ2) is 6.79. The van der Waals surface area contributed by atoms with Crippen LogP contribution in [0.5, 0.6) is 0 Å². The number of sulfone groups is 1. The van der Waals surface area contributed by atoms with E-state index in [0.717, 1.165) is 0 Å². The first-order chi connectivity index (χ1) is 6.87. The molecule has 0 N–H and O–H groups in total. The van der Waals surface area contributed by atoms with E-state index in [1.54, 1.807) is 13.8 Å². The topological polar surface area (TPSA) is 69.7 Å². The number of esters is 1. The van der Waals surface area contributed by atoms with Gasteiger partial charge in [0.1, 0.15) is 5.75 Å². The Morgan fingerprint density at radius 2 is 1.93 bits per heavy atom. The molecule has 0 aromatic carbocycles. The molecule has 0 aromatic rings. The van der Waals surface area contributed by atoms with Crippen LogP contribution in [0.3, 0.4) is 0 Å². The summed E-state index contributed by atoms with van der Waals surface area (Å²) < 4.78 is 32.2. The van der Waals surface area contributed by atoms with E-state index in [1.165, 1.54) is 7.11 Å². The Kier molecular flexibility index (Phi) is 6.51. The number of carbonyl (C=O) groups excluding carboxylic acids is 1. The van der Waals surface area contributed by atoms with Gasteiger partial charge in [-0.15, -0.1) is 0 Å². The molecule has 0 aliphatic carbocycles. The fourth-order valence-electron chi connectivity index (χ4n) is 0.972. The Morgan fingerprint density at radius 3 is 2.40 bits per heavy atom. The van der Waals surface area contributed by atoms with E-state index in [9.17, 15) is 13.2 Å². The molecule has 0 unspecified atom stereocenters. The fraction of sp³-hybridized carbons (Fsp3) is 0.889. The van der Waals surface area contributed by atoms with Crippen molar-refractivity contribution in [2.45, 2.75) is 26.4 Å². The van der Waals surface area contributed by atoms with E-state index in [1.807, 2.05) is 0 Å². The maximum atomic E-state index is 11.3. The molecule has 90 valence electrons. The normalized spacial score (nSPS) is 11.7. The van der Waals surface area contributed by atoms with Crippen molar-refractivity contribution in [2.24, 2.45) is 0 Å². The van der Waals surface area contributed by atoms with Crippen molar-refractivity contribution < 1.29 is 22.7 Å². The first-order valence-corrected chi connectivity index (χ1v) is 6.58. The summed E-state index contributed by atoms with van der Waals surface area (Å²) in [5, 5.41) is 0. The molecule has 0 atom stereocenters. The van der Waals surface area contributed by atoms with E-state index in [0.29, 0.717) is 13.0 Å². The molecule has 0 spiro atoms. The molecule has 0 radical (unpaired) electrons. The molecule has 0 aromatic heterocycles. The molecular weight excluding hydrogens is 220 g/mol. The highest BCUT2D eigenvalue weighted by Gasteiger charge is 2.18. The van der Waals surface area contributed by atoms with Crippen molar-refractivity contribution in [2.75, 3.05) is 25.2 Å². The number of carbonyl (C=O) groups is 1. The predicted octanol–water partition coefficient (Wildman–Crippen LogP) is 0.389. The van der Waals surface area contributed by atoms with E-state index in [2.05, 4.69) is 0 Å². The largest absolute Gasteiger partial charge is 0.462 e. The molecule has 0 amide bonds. The van der Waals surface area contributed by atoms with Gasteiger partial charge in [-0.3, -0.25) is 4.79 Å². The van der Waals surface area contributed by atoms with Crippen LogP contribution in [0.25, 0.3) is 0 Å². The zero-order chi connectivity index (χ0) is 11.9. The van der Waals surface area contributed by atoms with Gasteiger partial charge in [0.05, 0.1) is 11.9 Å². The number of ether oxygens (including phenoxy) is 2. The van der Waals surface area contributed by atoms with Gasteiger partial charge < -0.3 is 9.47 Å². The van der Waals surface area contributed by atoms with Crippen LogP contribution in [-0.2, 0) is 24.1 Å². The van der Waals surface area contributed by atoms with Crippen LogP contribution in [0.4, 0.5) is 0 Å². The third-order valence-electron chi connectivity index (χ3n) is 1.51. The van der Waals surface area contributed by atoms with Crippen molar-refractivity contribution in [1.82, 2.24) is 0 Å². The van der Waals surface area contributed by atoms with Crippen LogP contribution in [0.2, 0.25) is 0 Å². The van der Waals surface area contributed by atoms with Crippen molar-refractivity contribution in [3.05, 3.63) is 0 Å². The van der Waals surface area contributed by atoms with Crippen molar-refractivity contribution in [3.63, 3.8) is 0 Å². The standard InChI is InChI=1S/C9H18O5S/c1-8(2)14-9(10)7-15(11,12)6-4-5-13-3/h8H,4-7H2,1-3H3. The lowest BCUT2D eigenvalue weighted by molar-refractivity contribution is -0.144. The minimum Gasteiger partial charge on any atom is -0.462 e. The smallest absolute Gasteiger partial charge is 0.321 e. The predicted molar refractivity (Wildman–Crippen MR) is 56.4 cm³/mol. The maximum Gasteiger partial charge on any atom is 0.321 e. The Hall–Kier alpha value is -0.620. The summed E-state index contributed by atoms with van der Waals surface area (Å²) in [5.41, 5.74) is 0. The third kappa shape index (κ3) is 8.38. The summed E-state index contributed by atoms with van der Waals surface area (Å²) in [5.74, 6) is -1.29. The number of rotatable bonds is 7. The zero-order valence-electron chi connectivity index (χ0n) is 9.36. The van der Waals surface area contributed by atoms with Crippen LogP contribution in [0.15, 0.2) is 0 Å². The van der Waals surface area contributed by atoms with E-state index >= 15 is 0 Å². The molecule has 0 aliphatic rings. The summed E-state index contributed by atoms with van der Waals surface area (Å²) in [7, 11) is -1.85. The molecule has 0 fully saturated rings. The summed E-state index contributed by atoms with van der Waals surface area (Å²) in [6.07, 6.45) is 0.111. The molecular formula is C9H18O5S. The molecule has 6 heteroatoms. The minimum absolute atomic E-state index is 0.0476. The Morgan fingerprint density at radius 1 is 1.33 bits per heavy atom. The van der Waals surface area contributed by atoms with Gasteiger partial charge in [-0.25, -0.2) is 8.42 Å². The molecule has 0 saturated heterocycles. The van der Waals surface area contributed by atoms with Crippen LogP contribution >= 0.6 is 0 Å². The molecule has 0 heterocycles. The molecule has 0 bridgehead atoms. The van der Waals surface area contributed by atoms with Crippen LogP contribution in [-0.4, -0.2) is 45.7 Å². The Labute approximate surface area is 90.7 Å². The van der Waals surface area contributed by atoms with Crippen LogP contribution in [0, 0.1) is 0 Å². The van der Waals surface area contributed by atoms with Gasteiger partial charge in [-0.2, -0.15) is 0 Å². The summed E-state index contributed by atoms with van der Waals surface area (Å²) in [6, 6.07) is 0. The minimum atomic E-state index is -3.35. The number of hydrogen-bond donors (Lipinski definition) is 0. The first kappa shape index (κ1) is 14.4. The first-order valence-electron chi connectivity index (χ1n) is 4.76. The molecule has 15 heavy (non-hydrogen) atoms. The van der Waals surface area contributed by atoms with Crippen molar-refractivity contribution in [3.8, 4) is 0 Å². The van der Waals surface area contributed by atoms with Crippen LogP contribution < -0.4 is 0 Å². The van der Waals surface area contributed by atoms with Crippen molar-refractivity contribution in [1.29, 1.82) is 0 Å². The summed E-state index contributed by atoms with van der Waals surface area (Å²) >= 11 is 0. The van der Waals surface area contributed by atoms with Gasteiger partial charge in [0, 0.05) is 13.7 Å². The Bertz CT molecular complexity index is 281. The second-order valence-electron chi connectivity index (χ2n) is 3.48. The molecule has 5 nitrogen and oxygen atoms in total. The average Bonchev–Trinajstić information content (AvgIpc) is 2.00. The quantitative estimate of drug-likeness (QED) is 0.474. The van der Waals surface area contributed by atoms with Gasteiger partial charge in [-0.05, 0) is 20.3 Å². The van der Waals surface area contributed by atoms with Gasteiger partial charge >= 0.3 is 5.97 Å². The van der Waals surface area contributed by atoms with Gasteiger partial charge in [0.2, 0.25) is 0 Å². The fourth-order valence-corrected chi connectivity index (χ4v) is 2.10. The SMILES string of the molecule is COCCCS(=O)(=O)CC(=O)OC(C)C. The van der Waals surface area contributed by atoms with E-state index in [4.69, 9.17) is 9.47 Å². The third-order valence-corrected chi connectivity index (χ3v) is 3.09. The van der Waals surface area contributed by atoms with E-state index in [-0.39, 0.29) is 11.9 Å². The van der Waals surface area contributed by atoms with Gasteiger partial charge in [0.15, 0.2) is 9.84 Å². The van der Waals surface area contributed by atoms with E-state index < -0.39 is 21.6 Å².